The Hall–Kier alpha value is -3.00. The standard InChI is InChI=1S/C18H20N6O2/c1-12-10-15(26-22-12)18(25)24-8-6-23(7-9-24)11-16-20-14-5-3-2-4-13(14)17(19)21-16/h2-5,10H,6-9,11H2,1H3,(H2,19,20,21). The summed E-state index contributed by atoms with van der Waals surface area (Å²) in [7, 11) is 0. The third-order valence-corrected chi connectivity index (χ3v) is 4.54. The van der Waals surface area contributed by atoms with Gasteiger partial charge < -0.3 is 15.2 Å². The number of nitrogen functional groups attached to an aromatic ring is 1. The number of carbonyl (C=O) groups is 1. The van der Waals surface area contributed by atoms with Crippen LogP contribution >= 0.6 is 0 Å². The van der Waals surface area contributed by atoms with E-state index in [1.807, 2.05) is 24.3 Å². The van der Waals surface area contributed by atoms with Gasteiger partial charge in [0.2, 0.25) is 5.76 Å². The summed E-state index contributed by atoms with van der Waals surface area (Å²) in [6, 6.07) is 9.39. The molecule has 1 saturated heterocycles. The van der Waals surface area contributed by atoms with Crippen LogP contribution in [-0.2, 0) is 6.54 Å². The molecule has 134 valence electrons. The van der Waals surface area contributed by atoms with Crippen molar-refractivity contribution in [2.45, 2.75) is 13.5 Å². The Labute approximate surface area is 150 Å². The van der Waals surface area contributed by atoms with E-state index >= 15 is 0 Å². The number of fused-ring (bicyclic) bond motifs is 1. The topological polar surface area (TPSA) is 101 Å². The van der Waals surface area contributed by atoms with Crippen molar-refractivity contribution in [2.75, 3.05) is 31.9 Å². The second-order valence-corrected chi connectivity index (χ2v) is 6.44. The molecule has 0 atom stereocenters. The van der Waals surface area contributed by atoms with E-state index in [-0.39, 0.29) is 5.91 Å². The lowest BCUT2D eigenvalue weighted by molar-refractivity contribution is 0.0586. The van der Waals surface area contributed by atoms with E-state index in [1.54, 1.807) is 17.9 Å². The van der Waals surface area contributed by atoms with E-state index in [2.05, 4.69) is 20.0 Å². The van der Waals surface area contributed by atoms with Gasteiger partial charge in [0, 0.05) is 37.6 Å². The summed E-state index contributed by atoms with van der Waals surface area (Å²) in [6.45, 7) is 5.15. The average Bonchev–Trinajstić information content (AvgIpc) is 3.08. The summed E-state index contributed by atoms with van der Waals surface area (Å²) in [5.74, 6) is 1.38. The number of rotatable bonds is 3. The van der Waals surface area contributed by atoms with Crippen molar-refractivity contribution in [2.24, 2.45) is 0 Å². The van der Waals surface area contributed by atoms with Crippen LogP contribution in [0.25, 0.3) is 10.9 Å². The Balaban J connectivity index is 1.40. The fraction of sp³-hybridized carbons (Fsp3) is 0.333. The van der Waals surface area contributed by atoms with Crippen LogP contribution in [0, 0.1) is 6.92 Å². The van der Waals surface area contributed by atoms with Gasteiger partial charge in [0.1, 0.15) is 11.6 Å². The first-order valence-corrected chi connectivity index (χ1v) is 8.56. The van der Waals surface area contributed by atoms with Gasteiger partial charge in [-0.15, -0.1) is 0 Å². The third kappa shape index (κ3) is 3.23. The van der Waals surface area contributed by atoms with Gasteiger partial charge in [-0.1, -0.05) is 17.3 Å². The van der Waals surface area contributed by atoms with E-state index in [0.717, 1.165) is 24.0 Å². The largest absolute Gasteiger partial charge is 0.383 e. The minimum atomic E-state index is -0.114. The summed E-state index contributed by atoms with van der Waals surface area (Å²) in [4.78, 5) is 25.4. The van der Waals surface area contributed by atoms with E-state index in [0.29, 0.717) is 42.7 Å². The lowest BCUT2D eigenvalue weighted by Crippen LogP contribution is -2.48. The number of aromatic nitrogens is 3. The van der Waals surface area contributed by atoms with Crippen LogP contribution < -0.4 is 5.73 Å². The van der Waals surface area contributed by atoms with E-state index in [4.69, 9.17) is 10.3 Å². The highest BCUT2D eigenvalue weighted by atomic mass is 16.5. The summed E-state index contributed by atoms with van der Waals surface area (Å²) in [5.41, 5.74) is 7.61. The van der Waals surface area contributed by atoms with Crippen LogP contribution in [0.2, 0.25) is 0 Å². The molecule has 1 amide bonds. The number of amides is 1. The summed E-state index contributed by atoms with van der Waals surface area (Å²) >= 11 is 0. The van der Waals surface area contributed by atoms with Gasteiger partial charge in [0.05, 0.1) is 17.8 Å². The van der Waals surface area contributed by atoms with Crippen molar-refractivity contribution in [3.8, 4) is 0 Å². The Morgan fingerprint density at radius 3 is 2.69 bits per heavy atom. The maximum atomic E-state index is 12.4. The van der Waals surface area contributed by atoms with Crippen LogP contribution in [0.3, 0.4) is 0 Å². The number of nitrogens with two attached hydrogens (primary N) is 1. The summed E-state index contributed by atoms with van der Waals surface area (Å²) in [6.07, 6.45) is 0. The van der Waals surface area contributed by atoms with Gasteiger partial charge in [-0.3, -0.25) is 9.69 Å². The van der Waals surface area contributed by atoms with Gasteiger partial charge in [0.25, 0.3) is 5.91 Å². The highest BCUT2D eigenvalue weighted by molar-refractivity contribution is 5.91. The molecule has 1 aromatic carbocycles. The Kier molecular flexibility index (Phi) is 4.26. The van der Waals surface area contributed by atoms with Crippen molar-refractivity contribution in [1.82, 2.24) is 24.9 Å². The molecule has 3 heterocycles. The molecule has 0 aliphatic carbocycles. The number of benzene rings is 1. The average molecular weight is 352 g/mol. The molecule has 1 fully saturated rings. The predicted octanol–water partition coefficient (Wildman–Crippen LogP) is 1.47. The Morgan fingerprint density at radius 2 is 1.96 bits per heavy atom. The molecule has 0 radical (unpaired) electrons. The maximum Gasteiger partial charge on any atom is 0.292 e. The molecule has 2 aromatic heterocycles. The minimum Gasteiger partial charge on any atom is -0.383 e. The second-order valence-electron chi connectivity index (χ2n) is 6.44. The molecule has 0 bridgehead atoms. The van der Waals surface area contributed by atoms with Gasteiger partial charge in [0.15, 0.2) is 0 Å². The Morgan fingerprint density at radius 1 is 1.19 bits per heavy atom. The fourth-order valence-electron chi connectivity index (χ4n) is 3.15. The number of anilines is 1. The van der Waals surface area contributed by atoms with E-state index in [1.165, 1.54) is 0 Å². The first-order chi connectivity index (χ1) is 12.6. The van der Waals surface area contributed by atoms with Gasteiger partial charge in [-0.25, -0.2) is 9.97 Å². The van der Waals surface area contributed by atoms with Crippen LogP contribution in [-0.4, -0.2) is 57.0 Å². The van der Waals surface area contributed by atoms with Gasteiger partial charge in [-0.05, 0) is 19.1 Å². The zero-order valence-electron chi connectivity index (χ0n) is 14.6. The molecule has 2 N–H and O–H groups in total. The zero-order chi connectivity index (χ0) is 18.1. The molecule has 26 heavy (non-hydrogen) atoms. The molecule has 1 aliphatic heterocycles. The number of para-hydroxylation sites is 1. The minimum absolute atomic E-state index is 0.114. The number of carbonyl (C=O) groups excluding carboxylic acids is 1. The number of nitrogens with zero attached hydrogens (tertiary/aromatic N) is 5. The van der Waals surface area contributed by atoms with E-state index in [9.17, 15) is 4.79 Å². The molecule has 0 spiro atoms. The predicted molar refractivity (Wildman–Crippen MR) is 96.4 cm³/mol. The fourth-order valence-corrected chi connectivity index (χ4v) is 3.15. The first-order valence-electron chi connectivity index (χ1n) is 8.56. The van der Waals surface area contributed by atoms with Crippen LogP contribution in [0.5, 0.6) is 0 Å². The number of hydrogen-bond acceptors (Lipinski definition) is 7. The van der Waals surface area contributed by atoms with E-state index < -0.39 is 0 Å². The second kappa shape index (κ2) is 6.72. The first kappa shape index (κ1) is 16.5. The SMILES string of the molecule is Cc1cc(C(=O)N2CCN(Cc3nc(N)c4ccccc4n3)CC2)on1. The van der Waals surface area contributed by atoms with Crippen molar-refractivity contribution in [3.05, 3.63) is 47.6 Å². The zero-order valence-corrected chi connectivity index (χ0v) is 14.6. The smallest absolute Gasteiger partial charge is 0.292 e. The molecule has 8 heteroatoms. The van der Waals surface area contributed by atoms with Crippen LogP contribution in [0.4, 0.5) is 5.82 Å². The Bertz CT molecular complexity index is 946. The lowest BCUT2D eigenvalue weighted by atomic mass is 10.2. The maximum absolute atomic E-state index is 12.4. The van der Waals surface area contributed by atoms with Gasteiger partial charge in [-0.2, -0.15) is 0 Å². The quantitative estimate of drug-likeness (QED) is 0.761. The molecule has 1 aliphatic rings. The molecular weight excluding hydrogens is 332 g/mol. The van der Waals surface area contributed by atoms with Crippen molar-refractivity contribution < 1.29 is 9.32 Å². The van der Waals surface area contributed by atoms with Crippen LogP contribution in [0.15, 0.2) is 34.9 Å². The molecule has 0 saturated carbocycles. The van der Waals surface area contributed by atoms with Crippen molar-refractivity contribution in [3.63, 3.8) is 0 Å². The highest BCUT2D eigenvalue weighted by Crippen LogP contribution is 2.18. The molecule has 4 rings (SSSR count). The summed E-state index contributed by atoms with van der Waals surface area (Å²) < 4.78 is 5.07. The van der Waals surface area contributed by atoms with Crippen molar-refractivity contribution >= 4 is 22.6 Å². The highest BCUT2D eigenvalue weighted by Gasteiger charge is 2.25. The van der Waals surface area contributed by atoms with Crippen molar-refractivity contribution in [1.29, 1.82) is 0 Å². The summed E-state index contributed by atoms with van der Waals surface area (Å²) in [5, 5.41) is 4.64. The lowest BCUT2D eigenvalue weighted by Gasteiger charge is -2.33. The van der Waals surface area contributed by atoms with Gasteiger partial charge >= 0.3 is 0 Å². The van der Waals surface area contributed by atoms with Crippen LogP contribution in [0.1, 0.15) is 22.1 Å². The monoisotopic (exact) mass is 352 g/mol. The third-order valence-electron chi connectivity index (χ3n) is 4.54. The molecule has 0 unspecified atom stereocenters. The molecular formula is C18H20N6O2. The molecule has 8 nitrogen and oxygen atoms in total. The normalized spacial score (nSPS) is 15.5. The number of piperazine rings is 1. The molecule has 3 aromatic rings. The number of hydrogen-bond donors (Lipinski definition) is 1. The number of aryl methyl sites for hydroxylation is 1.